The van der Waals surface area contributed by atoms with E-state index in [1.165, 1.54) is 6.20 Å². The smallest absolute Gasteiger partial charge is 0.426 e. The minimum absolute atomic E-state index is 0.00770. The number of hydrogen-bond acceptors (Lipinski definition) is 6. The van der Waals surface area contributed by atoms with E-state index in [1.807, 2.05) is 0 Å². The highest BCUT2D eigenvalue weighted by Crippen LogP contribution is 2.17. The van der Waals surface area contributed by atoms with Crippen LogP contribution in [0.25, 0.3) is 0 Å². The number of hydrogen-bond donors (Lipinski definition) is 2. The van der Waals surface area contributed by atoms with Gasteiger partial charge in [0.1, 0.15) is 11.7 Å². The number of hydrazine groups is 1. The van der Waals surface area contributed by atoms with Crippen LogP contribution in [0.2, 0.25) is 0 Å². The fourth-order valence-electron chi connectivity index (χ4n) is 0.922. The molecule has 0 atom stereocenters. The summed E-state index contributed by atoms with van der Waals surface area (Å²) in [5, 5.41) is 8.65. The first-order chi connectivity index (χ1) is 8.31. The summed E-state index contributed by atoms with van der Waals surface area (Å²) in [5.41, 5.74) is 4.25. The third kappa shape index (κ3) is 4.55. The van der Waals surface area contributed by atoms with Gasteiger partial charge in [-0.05, 0) is 36.7 Å². The van der Waals surface area contributed by atoms with Gasteiger partial charge in [-0.2, -0.15) is 10.2 Å². The Kier molecular flexibility index (Phi) is 4.44. The first-order valence-corrected chi connectivity index (χ1v) is 5.79. The molecule has 96 valence electrons. The van der Waals surface area contributed by atoms with Crippen LogP contribution in [0.5, 0.6) is 0 Å². The molecule has 0 aliphatic carbocycles. The fourth-order valence-corrected chi connectivity index (χ4v) is 1.21. The number of nitrogens with one attached hydrogen (secondary N) is 2. The van der Waals surface area contributed by atoms with Crippen molar-refractivity contribution in [1.82, 2.24) is 15.4 Å². The molecule has 0 saturated heterocycles. The van der Waals surface area contributed by atoms with E-state index < -0.39 is 11.7 Å². The van der Waals surface area contributed by atoms with Crippen molar-refractivity contribution in [2.75, 3.05) is 5.43 Å². The van der Waals surface area contributed by atoms with Crippen LogP contribution in [-0.4, -0.2) is 21.7 Å². The van der Waals surface area contributed by atoms with Crippen molar-refractivity contribution in [2.24, 2.45) is 0 Å². The molecule has 18 heavy (non-hydrogen) atoms. The predicted molar refractivity (Wildman–Crippen MR) is 67.4 cm³/mol. The minimum Gasteiger partial charge on any atom is -0.443 e. The number of rotatable bonds is 2. The zero-order chi connectivity index (χ0) is 13.8. The Morgan fingerprint density at radius 3 is 2.78 bits per heavy atom. The molecule has 0 aromatic carbocycles. The highest BCUT2D eigenvalue weighted by Gasteiger charge is 2.16. The van der Waals surface area contributed by atoms with Crippen molar-refractivity contribution < 1.29 is 9.53 Å². The lowest BCUT2D eigenvalue weighted by molar-refractivity contribution is 0.0541. The number of nitrogens with zero attached hydrogens (tertiary/aromatic N) is 3. The molecule has 0 unspecified atom stereocenters. The maximum Gasteiger partial charge on any atom is 0.426 e. The molecule has 0 aliphatic heterocycles. The minimum atomic E-state index is -0.647. The van der Waals surface area contributed by atoms with Crippen LogP contribution < -0.4 is 10.9 Å². The van der Waals surface area contributed by atoms with Crippen molar-refractivity contribution in [2.45, 2.75) is 26.4 Å². The summed E-state index contributed by atoms with van der Waals surface area (Å²) in [4.78, 5) is 19.0. The number of ether oxygens (including phenoxy) is 1. The Hall–Kier alpha value is -1.88. The Morgan fingerprint density at radius 2 is 2.22 bits per heavy atom. The van der Waals surface area contributed by atoms with Crippen molar-refractivity contribution in [1.29, 1.82) is 5.26 Å². The molecular weight excluding hydrogens is 302 g/mol. The average Bonchev–Trinajstić information content (AvgIpc) is 2.25. The van der Waals surface area contributed by atoms with Crippen LogP contribution >= 0.6 is 15.9 Å². The van der Waals surface area contributed by atoms with Crippen molar-refractivity contribution in [3.63, 3.8) is 0 Å². The zero-order valence-corrected chi connectivity index (χ0v) is 11.7. The second-order valence-corrected chi connectivity index (χ2v) is 5.11. The van der Waals surface area contributed by atoms with Crippen LogP contribution in [0.4, 0.5) is 10.6 Å². The third-order valence-electron chi connectivity index (χ3n) is 1.53. The van der Waals surface area contributed by atoms with Crippen LogP contribution in [0.3, 0.4) is 0 Å². The van der Waals surface area contributed by atoms with E-state index in [4.69, 9.17) is 10.00 Å². The molecule has 0 spiro atoms. The van der Waals surface area contributed by atoms with Gasteiger partial charge in [0.25, 0.3) is 0 Å². The average molecular weight is 314 g/mol. The summed E-state index contributed by atoms with van der Waals surface area (Å²) in [6.45, 7) is 5.25. The van der Waals surface area contributed by atoms with Gasteiger partial charge in [-0.1, -0.05) is 0 Å². The quantitative estimate of drug-likeness (QED) is 0.810. The first-order valence-electron chi connectivity index (χ1n) is 4.99. The van der Waals surface area contributed by atoms with E-state index >= 15 is 0 Å². The molecule has 1 amide bonds. The maximum atomic E-state index is 11.4. The lowest BCUT2D eigenvalue weighted by Crippen LogP contribution is -2.36. The van der Waals surface area contributed by atoms with E-state index in [9.17, 15) is 4.79 Å². The van der Waals surface area contributed by atoms with Gasteiger partial charge in [0.2, 0.25) is 5.82 Å². The molecule has 0 bridgehead atoms. The monoisotopic (exact) mass is 313 g/mol. The van der Waals surface area contributed by atoms with Crippen molar-refractivity contribution >= 4 is 27.8 Å². The summed E-state index contributed by atoms with van der Waals surface area (Å²) < 4.78 is 5.53. The Balaban J connectivity index is 2.64. The number of anilines is 1. The molecule has 7 nitrogen and oxygen atoms in total. The van der Waals surface area contributed by atoms with E-state index in [0.29, 0.717) is 4.47 Å². The predicted octanol–water partition coefficient (Wildman–Crippen LogP) is 1.96. The lowest BCUT2D eigenvalue weighted by atomic mass is 10.2. The topological polar surface area (TPSA) is 99.9 Å². The van der Waals surface area contributed by atoms with Crippen molar-refractivity contribution in [3.8, 4) is 6.07 Å². The van der Waals surface area contributed by atoms with E-state index in [1.54, 1.807) is 26.8 Å². The standard InChI is InChI=1S/C10H12BrN5O2/c1-10(2,3)18-9(17)16-15-8-6(11)5-13-7(4-12)14-8/h5H,1-3H3,(H,16,17)(H,13,14,15). The Bertz CT molecular complexity index is 492. The van der Waals surface area contributed by atoms with Gasteiger partial charge >= 0.3 is 6.09 Å². The molecule has 8 heteroatoms. The second kappa shape index (κ2) is 5.64. The normalized spacial score (nSPS) is 10.4. The molecule has 1 heterocycles. The maximum absolute atomic E-state index is 11.4. The van der Waals surface area contributed by atoms with Crippen molar-refractivity contribution in [3.05, 3.63) is 16.5 Å². The number of amides is 1. The van der Waals surface area contributed by atoms with Crippen LogP contribution in [0, 0.1) is 11.3 Å². The summed E-state index contributed by atoms with van der Waals surface area (Å²) in [6, 6.07) is 1.79. The highest BCUT2D eigenvalue weighted by molar-refractivity contribution is 9.10. The summed E-state index contributed by atoms with van der Waals surface area (Å²) >= 11 is 3.18. The molecule has 1 rings (SSSR count). The molecule has 0 saturated carbocycles. The highest BCUT2D eigenvalue weighted by atomic mass is 79.9. The third-order valence-corrected chi connectivity index (χ3v) is 2.11. The SMILES string of the molecule is CC(C)(C)OC(=O)NNc1nc(C#N)ncc1Br. The molecule has 0 fully saturated rings. The largest absolute Gasteiger partial charge is 0.443 e. The van der Waals surface area contributed by atoms with Gasteiger partial charge in [-0.25, -0.2) is 15.2 Å². The summed E-state index contributed by atoms with van der Waals surface area (Å²) in [7, 11) is 0. The van der Waals surface area contributed by atoms with Gasteiger partial charge in [-0.3, -0.25) is 5.43 Å². The van der Waals surface area contributed by atoms with Gasteiger partial charge < -0.3 is 4.74 Å². The van der Waals surface area contributed by atoms with E-state index in [-0.39, 0.29) is 11.6 Å². The molecular formula is C10H12BrN5O2. The first kappa shape index (κ1) is 14.2. The van der Waals surface area contributed by atoms with Gasteiger partial charge in [0.15, 0.2) is 5.82 Å². The summed E-state index contributed by atoms with van der Waals surface area (Å²) in [6.07, 6.45) is 0.761. The summed E-state index contributed by atoms with van der Waals surface area (Å²) in [5.74, 6) is 0.263. The number of aromatic nitrogens is 2. The molecule has 1 aromatic heterocycles. The molecule has 2 N–H and O–H groups in total. The Labute approximate surface area is 113 Å². The number of carbonyl (C=O) groups is 1. The second-order valence-electron chi connectivity index (χ2n) is 4.25. The van der Waals surface area contributed by atoms with Gasteiger partial charge in [-0.15, -0.1) is 0 Å². The molecule has 1 aromatic rings. The van der Waals surface area contributed by atoms with E-state index in [0.717, 1.165) is 0 Å². The zero-order valence-electron chi connectivity index (χ0n) is 10.1. The van der Waals surface area contributed by atoms with E-state index in [2.05, 4.69) is 36.7 Å². The van der Waals surface area contributed by atoms with Gasteiger partial charge in [0.05, 0.1) is 4.47 Å². The van der Waals surface area contributed by atoms with Gasteiger partial charge in [0, 0.05) is 6.20 Å². The number of halogens is 1. The molecule has 0 radical (unpaired) electrons. The molecule has 0 aliphatic rings. The Morgan fingerprint density at radius 1 is 1.56 bits per heavy atom. The van der Waals surface area contributed by atoms with Crippen LogP contribution in [-0.2, 0) is 4.74 Å². The number of nitriles is 1. The van der Waals surface area contributed by atoms with Crippen LogP contribution in [0.15, 0.2) is 10.7 Å². The number of carbonyl (C=O) groups excluding carboxylic acids is 1. The lowest BCUT2D eigenvalue weighted by Gasteiger charge is -2.20. The fraction of sp³-hybridized carbons (Fsp3) is 0.400. The van der Waals surface area contributed by atoms with Crippen LogP contribution in [0.1, 0.15) is 26.6 Å².